The van der Waals surface area contributed by atoms with E-state index in [1.807, 2.05) is 30.3 Å². The summed E-state index contributed by atoms with van der Waals surface area (Å²) in [5.41, 5.74) is 4.56. The average molecular weight is 456 g/mol. The second kappa shape index (κ2) is 8.81. The molecule has 3 N–H and O–H groups in total. The van der Waals surface area contributed by atoms with E-state index in [4.69, 9.17) is 22.1 Å². The van der Waals surface area contributed by atoms with Crippen LogP contribution in [-0.4, -0.2) is 32.7 Å². The molecule has 0 bridgehead atoms. The van der Waals surface area contributed by atoms with Gasteiger partial charge in [-0.25, -0.2) is 0 Å². The second-order valence-electron chi connectivity index (χ2n) is 7.54. The second-order valence-corrected chi connectivity index (χ2v) is 7.89. The summed E-state index contributed by atoms with van der Waals surface area (Å²) in [4.78, 5) is 12.5. The number of halogens is 4. The van der Waals surface area contributed by atoms with E-state index in [-0.39, 0.29) is 24.7 Å². The predicted octanol–water partition coefficient (Wildman–Crippen LogP) is 3.51. The van der Waals surface area contributed by atoms with Crippen molar-refractivity contribution in [1.82, 2.24) is 19.9 Å². The molecule has 0 saturated heterocycles. The van der Waals surface area contributed by atoms with Crippen LogP contribution in [0.1, 0.15) is 36.8 Å². The number of carbonyl (C=O) groups is 1. The maximum absolute atomic E-state index is 13.3. The highest BCUT2D eigenvalue weighted by Crippen LogP contribution is 2.35. The number of nitrogens with zero attached hydrogens (tertiary/aromatic N) is 3. The van der Waals surface area contributed by atoms with E-state index in [1.165, 1.54) is 13.8 Å². The normalized spacial score (nSPS) is 13.4. The third-order valence-electron chi connectivity index (χ3n) is 4.43. The van der Waals surface area contributed by atoms with Crippen LogP contribution in [0.15, 0.2) is 42.5 Å². The Morgan fingerprint density at radius 3 is 2.48 bits per heavy atom. The third-order valence-corrected chi connectivity index (χ3v) is 4.81. The van der Waals surface area contributed by atoms with E-state index >= 15 is 0 Å². The van der Waals surface area contributed by atoms with Crippen LogP contribution in [0.5, 0.6) is 0 Å². The van der Waals surface area contributed by atoms with Crippen molar-refractivity contribution < 1.29 is 22.7 Å². The van der Waals surface area contributed by atoms with Gasteiger partial charge in [0.2, 0.25) is 5.91 Å². The molecule has 3 rings (SSSR count). The van der Waals surface area contributed by atoms with Gasteiger partial charge in [0.05, 0.1) is 24.3 Å². The molecule has 3 aromatic rings. The number of hydrogen-bond acceptors (Lipinski definition) is 5. The van der Waals surface area contributed by atoms with Crippen LogP contribution in [0.25, 0.3) is 5.65 Å². The van der Waals surface area contributed by atoms with Crippen molar-refractivity contribution >= 4 is 23.2 Å². The van der Waals surface area contributed by atoms with Gasteiger partial charge in [-0.3, -0.25) is 9.20 Å². The molecule has 1 aromatic carbocycles. The predicted molar refractivity (Wildman–Crippen MR) is 108 cm³/mol. The fourth-order valence-corrected chi connectivity index (χ4v) is 3.14. The van der Waals surface area contributed by atoms with Crippen molar-refractivity contribution in [3.05, 3.63) is 64.6 Å². The minimum absolute atomic E-state index is 0.00300. The van der Waals surface area contributed by atoms with Crippen molar-refractivity contribution in [3.8, 4) is 0 Å². The van der Waals surface area contributed by atoms with E-state index in [9.17, 15) is 18.0 Å². The van der Waals surface area contributed by atoms with E-state index in [1.54, 1.807) is 0 Å². The van der Waals surface area contributed by atoms with Crippen LogP contribution in [0.4, 0.5) is 13.2 Å². The monoisotopic (exact) mass is 455 g/mol. The Bertz CT molecular complexity index is 1060. The maximum atomic E-state index is 13.3. The average Bonchev–Trinajstić information content (AvgIpc) is 3.11. The third kappa shape index (κ3) is 5.33. The molecule has 1 amide bonds. The summed E-state index contributed by atoms with van der Waals surface area (Å²) < 4.78 is 46.7. The lowest BCUT2D eigenvalue weighted by Gasteiger charge is -2.24. The van der Waals surface area contributed by atoms with Gasteiger partial charge in [0.25, 0.3) is 0 Å². The largest absolute Gasteiger partial charge is 0.419 e. The first-order valence-electron chi connectivity index (χ1n) is 9.30. The van der Waals surface area contributed by atoms with Crippen molar-refractivity contribution in [2.45, 2.75) is 38.2 Å². The van der Waals surface area contributed by atoms with Crippen LogP contribution < -0.4 is 11.1 Å². The summed E-state index contributed by atoms with van der Waals surface area (Å²) in [7, 11) is 0. The first kappa shape index (κ1) is 23.0. The SMILES string of the molecule is CC(C)(N)C(=O)N[C@H](COCc1ccccc1)c1nnc2ccc(C(F)(F)F)c(Cl)n12. The quantitative estimate of drug-likeness (QED) is 0.532. The van der Waals surface area contributed by atoms with Crippen LogP contribution in [-0.2, 0) is 22.3 Å². The van der Waals surface area contributed by atoms with Crippen molar-refractivity contribution in [3.63, 3.8) is 0 Å². The lowest BCUT2D eigenvalue weighted by atomic mass is 10.1. The molecule has 0 fully saturated rings. The number of carbonyl (C=O) groups excluding carboxylic acids is 1. The van der Waals surface area contributed by atoms with Gasteiger partial charge in [-0.05, 0) is 31.5 Å². The smallest absolute Gasteiger partial charge is 0.374 e. The summed E-state index contributed by atoms with van der Waals surface area (Å²) in [5.74, 6) is -0.544. The molecular formula is C20H21ClF3N5O2. The lowest BCUT2D eigenvalue weighted by molar-refractivity contribution is -0.137. The zero-order chi connectivity index (χ0) is 22.8. The number of alkyl halides is 3. The Labute approximate surface area is 181 Å². The molecule has 0 spiro atoms. The highest BCUT2D eigenvalue weighted by Gasteiger charge is 2.36. The van der Waals surface area contributed by atoms with Crippen molar-refractivity contribution in [2.75, 3.05) is 6.61 Å². The lowest BCUT2D eigenvalue weighted by Crippen LogP contribution is -2.51. The standard InChI is InChI=1S/C20H21ClF3N5O2/c1-19(2,25)18(30)26-14(11-31-10-12-6-4-3-5-7-12)17-28-27-15-9-8-13(20(22,23)24)16(21)29(15)17/h3-9,14H,10-11,25H2,1-2H3,(H,26,30)/t14-/m1/s1. The number of amides is 1. The minimum Gasteiger partial charge on any atom is -0.374 e. The van der Waals surface area contributed by atoms with Gasteiger partial charge in [0, 0.05) is 0 Å². The molecule has 2 aromatic heterocycles. The fraction of sp³-hybridized carbons (Fsp3) is 0.350. The topological polar surface area (TPSA) is 94.5 Å². The molecular weight excluding hydrogens is 435 g/mol. The molecule has 11 heteroatoms. The molecule has 0 aliphatic rings. The summed E-state index contributed by atoms with van der Waals surface area (Å²) in [6.45, 7) is 3.13. The Hall–Kier alpha value is -2.69. The first-order chi connectivity index (χ1) is 14.5. The van der Waals surface area contributed by atoms with Crippen molar-refractivity contribution in [1.29, 1.82) is 0 Å². The molecule has 0 aliphatic heterocycles. The zero-order valence-corrected chi connectivity index (χ0v) is 17.5. The number of benzene rings is 1. The molecule has 31 heavy (non-hydrogen) atoms. The number of nitrogens with two attached hydrogens (primary N) is 1. The number of aromatic nitrogens is 3. The molecule has 0 radical (unpaired) electrons. The van der Waals surface area contributed by atoms with Crippen LogP contribution in [0.3, 0.4) is 0 Å². The van der Waals surface area contributed by atoms with E-state index < -0.39 is 34.4 Å². The maximum Gasteiger partial charge on any atom is 0.419 e. The molecule has 1 atom stereocenters. The van der Waals surface area contributed by atoms with E-state index in [2.05, 4.69) is 15.5 Å². The van der Waals surface area contributed by atoms with Crippen LogP contribution in [0, 0.1) is 0 Å². The Kier molecular flexibility index (Phi) is 6.54. The summed E-state index contributed by atoms with van der Waals surface area (Å²) >= 11 is 6.06. The Morgan fingerprint density at radius 1 is 1.19 bits per heavy atom. The highest BCUT2D eigenvalue weighted by atomic mass is 35.5. The number of nitrogens with one attached hydrogen (secondary N) is 1. The van der Waals surface area contributed by atoms with Gasteiger partial charge in [0.1, 0.15) is 11.2 Å². The Morgan fingerprint density at radius 2 is 1.87 bits per heavy atom. The molecule has 2 heterocycles. The minimum atomic E-state index is -4.67. The zero-order valence-electron chi connectivity index (χ0n) is 16.8. The van der Waals surface area contributed by atoms with Gasteiger partial charge in [-0.2, -0.15) is 13.2 Å². The number of rotatable bonds is 7. The van der Waals surface area contributed by atoms with Gasteiger partial charge in [0.15, 0.2) is 11.5 Å². The van der Waals surface area contributed by atoms with Gasteiger partial charge in [-0.1, -0.05) is 41.9 Å². The Balaban J connectivity index is 1.96. The molecule has 0 aliphatic carbocycles. The van der Waals surface area contributed by atoms with Gasteiger partial charge >= 0.3 is 6.18 Å². The molecule has 0 saturated carbocycles. The van der Waals surface area contributed by atoms with Crippen molar-refractivity contribution in [2.24, 2.45) is 5.73 Å². The van der Waals surface area contributed by atoms with E-state index in [0.717, 1.165) is 22.1 Å². The first-order valence-corrected chi connectivity index (χ1v) is 9.68. The molecule has 7 nitrogen and oxygen atoms in total. The molecule has 0 unspecified atom stereocenters. The van der Waals surface area contributed by atoms with E-state index in [0.29, 0.717) is 0 Å². The fourth-order valence-electron chi connectivity index (χ4n) is 2.80. The summed E-state index contributed by atoms with van der Waals surface area (Å²) in [5, 5.41) is 9.91. The van der Waals surface area contributed by atoms with Gasteiger partial charge in [-0.15, -0.1) is 10.2 Å². The number of fused-ring (bicyclic) bond motifs is 1. The van der Waals surface area contributed by atoms with Crippen LogP contribution in [0.2, 0.25) is 5.15 Å². The van der Waals surface area contributed by atoms with Gasteiger partial charge < -0.3 is 15.8 Å². The summed E-state index contributed by atoms with van der Waals surface area (Å²) in [6.07, 6.45) is -4.67. The van der Waals surface area contributed by atoms with Crippen LogP contribution >= 0.6 is 11.6 Å². The number of pyridine rings is 1. The molecule has 166 valence electrons. The number of hydrogen-bond donors (Lipinski definition) is 2. The highest BCUT2D eigenvalue weighted by molar-refractivity contribution is 6.30. The summed E-state index contributed by atoms with van der Waals surface area (Å²) in [6, 6.07) is 10.3. The number of ether oxygens (including phenoxy) is 1.